The first-order valence-electron chi connectivity index (χ1n) is 5.88. The summed E-state index contributed by atoms with van der Waals surface area (Å²) in [5.74, 6) is 0. The van der Waals surface area contributed by atoms with Gasteiger partial charge in [-0.25, -0.2) is 0 Å². The second-order valence-corrected chi connectivity index (χ2v) is 4.34. The number of aromatic nitrogens is 1. The van der Waals surface area contributed by atoms with E-state index in [1.807, 2.05) is 36.4 Å². The molecule has 1 unspecified atom stereocenters. The molecule has 2 heteroatoms. The average molecular weight is 227 g/mol. The maximum atomic E-state index is 10.6. The third kappa shape index (κ3) is 2.37. The van der Waals surface area contributed by atoms with Gasteiger partial charge >= 0.3 is 0 Å². The molecular formula is C15H17NO. The largest absolute Gasteiger partial charge is 0.379 e. The van der Waals surface area contributed by atoms with Gasteiger partial charge in [0.05, 0.1) is 5.69 Å². The van der Waals surface area contributed by atoms with Crippen LogP contribution in [-0.4, -0.2) is 10.1 Å². The van der Waals surface area contributed by atoms with Crippen molar-refractivity contribution in [3.8, 4) is 0 Å². The first-order valence-corrected chi connectivity index (χ1v) is 5.88. The SMILES string of the molecule is CCc1cccc(C(C)(O)c2ccccn2)c1. The van der Waals surface area contributed by atoms with Crippen LogP contribution in [0.4, 0.5) is 0 Å². The van der Waals surface area contributed by atoms with Gasteiger partial charge in [-0.15, -0.1) is 0 Å². The van der Waals surface area contributed by atoms with E-state index in [-0.39, 0.29) is 0 Å². The van der Waals surface area contributed by atoms with Crippen molar-refractivity contribution in [2.75, 3.05) is 0 Å². The van der Waals surface area contributed by atoms with E-state index in [0.717, 1.165) is 12.0 Å². The van der Waals surface area contributed by atoms with Crippen LogP contribution < -0.4 is 0 Å². The summed E-state index contributed by atoms with van der Waals surface area (Å²) in [6.07, 6.45) is 2.67. The molecule has 0 aliphatic heterocycles. The lowest BCUT2D eigenvalue weighted by Crippen LogP contribution is -2.24. The Bertz CT molecular complexity index is 491. The molecule has 0 bridgehead atoms. The van der Waals surface area contributed by atoms with Gasteiger partial charge in [0.25, 0.3) is 0 Å². The van der Waals surface area contributed by atoms with Crippen molar-refractivity contribution in [2.24, 2.45) is 0 Å². The Morgan fingerprint density at radius 2 is 2.00 bits per heavy atom. The number of hydrogen-bond donors (Lipinski definition) is 1. The highest BCUT2D eigenvalue weighted by Crippen LogP contribution is 2.27. The van der Waals surface area contributed by atoms with Crippen LogP contribution in [0.25, 0.3) is 0 Å². The Morgan fingerprint density at radius 1 is 1.18 bits per heavy atom. The molecule has 1 aromatic heterocycles. The van der Waals surface area contributed by atoms with Crippen molar-refractivity contribution in [1.82, 2.24) is 4.98 Å². The van der Waals surface area contributed by atoms with E-state index in [9.17, 15) is 5.11 Å². The van der Waals surface area contributed by atoms with Crippen LogP contribution >= 0.6 is 0 Å². The van der Waals surface area contributed by atoms with Crippen molar-refractivity contribution in [1.29, 1.82) is 0 Å². The summed E-state index contributed by atoms with van der Waals surface area (Å²) in [6.45, 7) is 3.89. The normalized spacial score (nSPS) is 14.3. The number of benzene rings is 1. The van der Waals surface area contributed by atoms with Crippen LogP contribution in [0.3, 0.4) is 0 Å². The minimum atomic E-state index is -1.04. The summed E-state index contributed by atoms with van der Waals surface area (Å²) in [6, 6.07) is 13.6. The van der Waals surface area contributed by atoms with Crippen LogP contribution in [0.15, 0.2) is 48.7 Å². The lowest BCUT2D eigenvalue weighted by molar-refractivity contribution is 0.0973. The zero-order valence-corrected chi connectivity index (χ0v) is 10.2. The number of aliphatic hydroxyl groups is 1. The van der Waals surface area contributed by atoms with E-state index in [2.05, 4.69) is 18.0 Å². The quantitative estimate of drug-likeness (QED) is 0.874. The Kier molecular flexibility index (Phi) is 3.25. The molecule has 2 nitrogen and oxygen atoms in total. The zero-order valence-electron chi connectivity index (χ0n) is 10.2. The van der Waals surface area contributed by atoms with Gasteiger partial charge in [0, 0.05) is 6.20 Å². The molecule has 1 atom stereocenters. The van der Waals surface area contributed by atoms with E-state index < -0.39 is 5.60 Å². The summed E-state index contributed by atoms with van der Waals surface area (Å²) in [5, 5.41) is 10.6. The molecule has 0 spiro atoms. The molecule has 1 heterocycles. The molecule has 0 saturated carbocycles. The lowest BCUT2D eigenvalue weighted by atomic mass is 9.90. The van der Waals surface area contributed by atoms with Crippen LogP contribution in [0.2, 0.25) is 0 Å². The Morgan fingerprint density at radius 3 is 2.65 bits per heavy atom. The molecule has 2 aromatic rings. The molecule has 0 aliphatic rings. The highest BCUT2D eigenvalue weighted by molar-refractivity contribution is 5.34. The molecule has 2 rings (SSSR count). The third-order valence-corrected chi connectivity index (χ3v) is 3.06. The fourth-order valence-corrected chi connectivity index (χ4v) is 1.89. The summed E-state index contributed by atoms with van der Waals surface area (Å²) in [5.41, 5.74) is 1.74. The number of aryl methyl sites for hydroxylation is 1. The van der Waals surface area contributed by atoms with Gasteiger partial charge in [-0.3, -0.25) is 4.98 Å². The Balaban J connectivity index is 2.44. The van der Waals surface area contributed by atoms with Gasteiger partial charge < -0.3 is 5.11 Å². The molecule has 0 saturated heterocycles. The number of nitrogens with zero attached hydrogens (tertiary/aromatic N) is 1. The van der Waals surface area contributed by atoms with Gasteiger partial charge in [-0.05, 0) is 36.6 Å². The lowest BCUT2D eigenvalue weighted by Gasteiger charge is -2.23. The molecule has 0 fully saturated rings. The topological polar surface area (TPSA) is 33.1 Å². The van der Waals surface area contributed by atoms with E-state index in [1.54, 1.807) is 13.1 Å². The number of rotatable bonds is 3. The maximum Gasteiger partial charge on any atom is 0.129 e. The predicted octanol–water partition coefficient (Wildman–Crippen LogP) is 2.90. The Hall–Kier alpha value is -1.67. The fraction of sp³-hybridized carbons (Fsp3) is 0.267. The first-order chi connectivity index (χ1) is 8.14. The van der Waals surface area contributed by atoms with Gasteiger partial charge in [0.2, 0.25) is 0 Å². The minimum absolute atomic E-state index is 0.674. The Labute approximate surface area is 102 Å². The van der Waals surface area contributed by atoms with Crippen molar-refractivity contribution >= 4 is 0 Å². The van der Waals surface area contributed by atoms with Crippen molar-refractivity contribution < 1.29 is 5.11 Å². The molecule has 17 heavy (non-hydrogen) atoms. The predicted molar refractivity (Wildman–Crippen MR) is 68.7 cm³/mol. The summed E-state index contributed by atoms with van der Waals surface area (Å²) < 4.78 is 0. The highest BCUT2D eigenvalue weighted by Gasteiger charge is 2.26. The van der Waals surface area contributed by atoms with Crippen LogP contribution in [0, 0.1) is 0 Å². The van der Waals surface area contributed by atoms with E-state index in [0.29, 0.717) is 5.69 Å². The maximum absolute atomic E-state index is 10.6. The van der Waals surface area contributed by atoms with Crippen molar-refractivity contribution in [2.45, 2.75) is 25.9 Å². The monoisotopic (exact) mass is 227 g/mol. The van der Waals surface area contributed by atoms with Crippen LogP contribution in [-0.2, 0) is 12.0 Å². The van der Waals surface area contributed by atoms with Crippen LogP contribution in [0.1, 0.15) is 30.7 Å². The summed E-state index contributed by atoms with van der Waals surface area (Å²) in [7, 11) is 0. The zero-order chi connectivity index (χ0) is 12.3. The van der Waals surface area contributed by atoms with Gasteiger partial charge in [-0.1, -0.05) is 37.3 Å². The van der Waals surface area contributed by atoms with Gasteiger partial charge in [-0.2, -0.15) is 0 Å². The van der Waals surface area contributed by atoms with Gasteiger partial charge in [0.15, 0.2) is 0 Å². The van der Waals surface area contributed by atoms with E-state index in [4.69, 9.17) is 0 Å². The second-order valence-electron chi connectivity index (χ2n) is 4.34. The molecule has 0 amide bonds. The molecule has 0 radical (unpaired) electrons. The molecule has 88 valence electrons. The van der Waals surface area contributed by atoms with Crippen molar-refractivity contribution in [3.63, 3.8) is 0 Å². The summed E-state index contributed by atoms with van der Waals surface area (Å²) in [4.78, 5) is 4.23. The third-order valence-electron chi connectivity index (χ3n) is 3.06. The van der Waals surface area contributed by atoms with E-state index in [1.165, 1.54) is 5.56 Å². The highest BCUT2D eigenvalue weighted by atomic mass is 16.3. The smallest absolute Gasteiger partial charge is 0.129 e. The number of pyridine rings is 1. The fourth-order valence-electron chi connectivity index (χ4n) is 1.89. The minimum Gasteiger partial charge on any atom is -0.379 e. The second kappa shape index (κ2) is 4.68. The van der Waals surface area contributed by atoms with E-state index >= 15 is 0 Å². The molecule has 0 aliphatic carbocycles. The van der Waals surface area contributed by atoms with Gasteiger partial charge in [0.1, 0.15) is 5.60 Å². The average Bonchev–Trinajstić information content (AvgIpc) is 2.40. The standard InChI is InChI=1S/C15H17NO/c1-3-12-7-6-8-13(11-12)15(2,17)14-9-4-5-10-16-14/h4-11,17H,3H2,1-2H3. The molecule has 1 aromatic carbocycles. The summed E-state index contributed by atoms with van der Waals surface area (Å²) >= 11 is 0. The molecule has 1 N–H and O–H groups in total. The first kappa shape index (κ1) is 11.8. The van der Waals surface area contributed by atoms with Crippen LogP contribution in [0.5, 0.6) is 0 Å². The molecular weight excluding hydrogens is 210 g/mol. The van der Waals surface area contributed by atoms with Crippen molar-refractivity contribution in [3.05, 3.63) is 65.5 Å². The number of hydrogen-bond acceptors (Lipinski definition) is 2.